The summed E-state index contributed by atoms with van der Waals surface area (Å²) in [5.74, 6) is -0.450. The van der Waals surface area contributed by atoms with Gasteiger partial charge in [0.2, 0.25) is 5.91 Å². The van der Waals surface area contributed by atoms with Crippen LogP contribution in [0, 0.1) is 11.7 Å². The van der Waals surface area contributed by atoms with Crippen LogP contribution in [0.15, 0.2) is 53.7 Å². The van der Waals surface area contributed by atoms with Gasteiger partial charge in [-0.15, -0.1) is 0 Å². The zero-order valence-electron chi connectivity index (χ0n) is 17.4. The molecule has 0 aromatic heterocycles. The number of nitrogens with zero attached hydrogens (tertiary/aromatic N) is 2. The third kappa shape index (κ3) is 5.29. The van der Waals surface area contributed by atoms with E-state index < -0.39 is 17.8 Å². The van der Waals surface area contributed by atoms with Gasteiger partial charge in [0.05, 0.1) is 17.8 Å². The molecule has 1 amide bonds. The maximum Gasteiger partial charge on any atom is 0.416 e. The Labute approximate surface area is 183 Å². The van der Waals surface area contributed by atoms with E-state index in [1.807, 2.05) is 0 Å². The molecule has 4 nitrogen and oxygen atoms in total. The third-order valence-electron chi connectivity index (χ3n) is 5.99. The van der Waals surface area contributed by atoms with E-state index in [2.05, 4.69) is 5.16 Å². The van der Waals surface area contributed by atoms with Crippen molar-refractivity contribution in [3.8, 4) is 0 Å². The van der Waals surface area contributed by atoms with Gasteiger partial charge in [0.1, 0.15) is 5.82 Å². The number of hydrogen-bond donors (Lipinski definition) is 0. The lowest BCUT2D eigenvalue weighted by Crippen LogP contribution is -2.40. The van der Waals surface area contributed by atoms with Crippen LogP contribution in [0.4, 0.5) is 17.6 Å². The van der Waals surface area contributed by atoms with E-state index in [0.717, 1.165) is 37.8 Å². The second kappa shape index (κ2) is 9.30. The van der Waals surface area contributed by atoms with Gasteiger partial charge in [-0.3, -0.25) is 4.79 Å². The second-order valence-electron chi connectivity index (χ2n) is 8.37. The Morgan fingerprint density at radius 1 is 1.09 bits per heavy atom. The van der Waals surface area contributed by atoms with Gasteiger partial charge in [0.15, 0.2) is 6.10 Å². The molecular weight excluding hydrogens is 424 g/mol. The molecule has 1 heterocycles. The van der Waals surface area contributed by atoms with E-state index in [0.29, 0.717) is 23.3 Å². The van der Waals surface area contributed by atoms with Crippen molar-refractivity contribution in [2.24, 2.45) is 11.1 Å². The first-order valence-corrected chi connectivity index (χ1v) is 10.7. The normalized spacial score (nSPS) is 19.0. The van der Waals surface area contributed by atoms with Gasteiger partial charge in [-0.1, -0.05) is 42.3 Å². The Morgan fingerprint density at radius 3 is 2.47 bits per heavy atom. The second-order valence-corrected chi connectivity index (χ2v) is 8.37. The van der Waals surface area contributed by atoms with Crippen molar-refractivity contribution in [1.82, 2.24) is 4.90 Å². The van der Waals surface area contributed by atoms with Crippen LogP contribution < -0.4 is 0 Å². The van der Waals surface area contributed by atoms with Crippen LogP contribution in [0.1, 0.15) is 48.8 Å². The molecule has 0 spiro atoms. The molecule has 2 aromatic carbocycles. The van der Waals surface area contributed by atoms with E-state index in [9.17, 15) is 22.4 Å². The van der Waals surface area contributed by atoms with E-state index in [4.69, 9.17) is 4.84 Å². The van der Waals surface area contributed by atoms with Crippen LogP contribution in [-0.4, -0.2) is 29.2 Å². The van der Waals surface area contributed by atoms with Crippen LogP contribution >= 0.6 is 0 Å². The molecule has 2 aliphatic rings. The number of hydrogen-bond acceptors (Lipinski definition) is 3. The molecule has 8 heteroatoms. The fourth-order valence-corrected chi connectivity index (χ4v) is 4.29. The summed E-state index contributed by atoms with van der Waals surface area (Å²) >= 11 is 0. The fourth-order valence-electron chi connectivity index (χ4n) is 4.29. The van der Waals surface area contributed by atoms with Gasteiger partial charge in [-0.25, -0.2) is 4.39 Å². The molecule has 0 radical (unpaired) electrons. The molecule has 1 aliphatic carbocycles. The maximum absolute atomic E-state index is 13.5. The minimum Gasteiger partial charge on any atom is -0.390 e. The maximum atomic E-state index is 13.5. The monoisotopic (exact) mass is 448 g/mol. The average molecular weight is 448 g/mol. The smallest absolute Gasteiger partial charge is 0.390 e. The van der Waals surface area contributed by atoms with Gasteiger partial charge >= 0.3 is 6.18 Å². The van der Waals surface area contributed by atoms with Gasteiger partial charge in [-0.2, -0.15) is 13.2 Å². The predicted octanol–water partition coefficient (Wildman–Crippen LogP) is 5.56. The Balaban J connectivity index is 1.46. The van der Waals surface area contributed by atoms with E-state index in [1.165, 1.54) is 24.3 Å². The molecule has 32 heavy (non-hydrogen) atoms. The van der Waals surface area contributed by atoms with Gasteiger partial charge < -0.3 is 9.74 Å². The highest BCUT2D eigenvalue weighted by atomic mass is 19.4. The molecule has 0 N–H and O–H groups in total. The highest BCUT2D eigenvalue weighted by Crippen LogP contribution is 2.31. The predicted molar refractivity (Wildman–Crippen MR) is 111 cm³/mol. The Kier molecular flexibility index (Phi) is 6.48. The number of benzene rings is 2. The standard InChI is InChI=1S/C24H24F4N2O2/c25-20-7-3-6-18(12-20)22-13-21(32-29-22)15-30(23(31)17-4-1-2-5-17)14-16-8-10-19(11-9-16)24(26,27)28/h3,6-12,17,21H,1-2,4-5,13-15H2. The summed E-state index contributed by atoms with van der Waals surface area (Å²) in [6, 6.07) is 11.0. The molecule has 1 atom stereocenters. The lowest BCUT2D eigenvalue weighted by Gasteiger charge is -2.27. The summed E-state index contributed by atoms with van der Waals surface area (Å²) in [5.41, 5.74) is 1.14. The molecule has 1 unspecified atom stereocenters. The van der Waals surface area contributed by atoms with Gasteiger partial charge in [-0.05, 0) is 42.7 Å². The topological polar surface area (TPSA) is 41.9 Å². The fraction of sp³-hybridized carbons (Fsp3) is 0.417. The molecular formula is C24H24F4N2O2. The number of rotatable bonds is 6. The van der Waals surface area contributed by atoms with E-state index >= 15 is 0 Å². The Morgan fingerprint density at radius 2 is 1.81 bits per heavy atom. The van der Waals surface area contributed by atoms with Crippen LogP contribution in [0.3, 0.4) is 0 Å². The van der Waals surface area contributed by atoms with Gasteiger partial charge in [0, 0.05) is 24.4 Å². The average Bonchev–Trinajstić information content (AvgIpc) is 3.45. The van der Waals surface area contributed by atoms with Crippen LogP contribution in [0.5, 0.6) is 0 Å². The lowest BCUT2D eigenvalue weighted by atomic mass is 10.0. The Bertz CT molecular complexity index is 982. The highest BCUT2D eigenvalue weighted by Gasteiger charge is 2.33. The van der Waals surface area contributed by atoms with E-state index in [1.54, 1.807) is 17.0 Å². The molecule has 4 rings (SSSR count). The number of amides is 1. The molecule has 1 fully saturated rings. The van der Waals surface area contributed by atoms with Crippen molar-refractivity contribution in [2.75, 3.05) is 6.54 Å². The summed E-state index contributed by atoms with van der Waals surface area (Å²) in [7, 11) is 0. The summed E-state index contributed by atoms with van der Waals surface area (Å²) in [6.07, 6.45) is -0.745. The largest absolute Gasteiger partial charge is 0.416 e. The summed E-state index contributed by atoms with van der Waals surface area (Å²) < 4.78 is 52.1. The van der Waals surface area contributed by atoms with Crippen molar-refractivity contribution in [1.29, 1.82) is 0 Å². The number of alkyl halides is 3. The molecule has 0 bridgehead atoms. The highest BCUT2D eigenvalue weighted by molar-refractivity contribution is 6.01. The minimum absolute atomic E-state index is 0.00907. The molecule has 0 saturated heterocycles. The minimum atomic E-state index is -4.40. The molecule has 170 valence electrons. The number of oxime groups is 1. The Hall–Kier alpha value is -2.90. The first-order chi connectivity index (χ1) is 15.3. The van der Waals surface area contributed by atoms with Crippen molar-refractivity contribution in [3.05, 3.63) is 71.0 Å². The number of halogens is 4. The molecule has 2 aromatic rings. The van der Waals surface area contributed by atoms with Crippen LogP contribution in [0.25, 0.3) is 0 Å². The third-order valence-corrected chi connectivity index (χ3v) is 5.99. The van der Waals surface area contributed by atoms with Crippen molar-refractivity contribution >= 4 is 11.6 Å². The summed E-state index contributed by atoms with van der Waals surface area (Å²) in [6.45, 7) is 0.460. The molecule has 1 aliphatic heterocycles. The SMILES string of the molecule is O=C(C1CCCC1)N(Cc1ccc(C(F)(F)F)cc1)CC1CC(c2cccc(F)c2)=NO1. The van der Waals surface area contributed by atoms with E-state index in [-0.39, 0.29) is 30.7 Å². The summed E-state index contributed by atoms with van der Waals surface area (Å²) in [5, 5.41) is 4.07. The van der Waals surface area contributed by atoms with Gasteiger partial charge in [0.25, 0.3) is 0 Å². The van der Waals surface area contributed by atoms with Crippen LogP contribution in [0.2, 0.25) is 0 Å². The quantitative estimate of drug-likeness (QED) is 0.544. The zero-order chi connectivity index (χ0) is 22.7. The first-order valence-electron chi connectivity index (χ1n) is 10.7. The molecule has 1 saturated carbocycles. The number of carbonyl (C=O) groups is 1. The van der Waals surface area contributed by atoms with Crippen molar-refractivity contribution in [3.63, 3.8) is 0 Å². The first kappa shape index (κ1) is 22.3. The van der Waals surface area contributed by atoms with Crippen LogP contribution in [-0.2, 0) is 22.4 Å². The lowest BCUT2D eigenvalue weighted by molar-refractivity contribution is -0.138. The van der Waals surface area contributed by atoms with Crippen molar-refractivity contribution < 1.29 is 27.2 Å². The summed E-state index contributed by atoms with van der Waals surface area (Å²) in [4.78, 5) is 20.4. The number of carbonyl (C=O) groups excluding carboxylic acids is 1. The zero-order valence-corrected chi connectivity index (χ0v) is 17.4. The van der Waals surface area contributed by atoms with Crippen molar-refractivity contribution in [2.45, 2.75) is 50.9 Å².